The van der Waals surface area contributed by atoms with Crippen LogP contribution in [-0.2, 0) is 11.3 Å². The van der Waals surface area contributed by atoms with Gasteiger partial charge in [-0.25, -0.2) is 0 Å². The number of nitrogens with zero attached hydrogens (tertiary/aromatic N) is 1. The summed E-state index contributed by atoms with van der Waals surface area (Å²) in [6, 6.07) is 6.72. The van der Waals surface area contributed by atoms with E-state index in [-0.39, 0.29) is 11.8 Å². The molecular weight excluding hydrogens is 292 g/mol. The van der Waals surface area contributed by atoms with E-state index in [9.17, 15) is 9.59 Å². The van der Waals surface area contributed by atoms with Crippen LogP contribution in [0.25, 0.3) is 0 Å². The molecule has 6 nitrogen and oxygen atoms in total. The zero-order valence-electron chi connectivity index (χ0n) is 13.7. The van der Waals surface area contributed by atoms with Crippen LogP contribution in [0, 0.1) is 0 Å². The Morgan fingerprint density at radius 1 is 1.17 bits per heavy atom. The fourth-order valence-corrected chi connectivity index (χ4v) is 2.56. The third-order valence-electron chi connectivity index (χ3n) is 4.01. The highest BCUT2D eigenvalue weighted by Gasteiger charge is 2.12. The predicted molar refractivity (Wildman–Crippen MR) is 89.9 cm³/mol. The van der Waals surface area contributed by atoms with Gasteiger partial charge < -0.3 is 21.3 Å². The van der Waals surface area contributed by atoms with E-state index in [4.69, 9.17) is 5.73 Å². The van der Waals surface area contributed by atoms with Crippen molar-refractivity contribution in [1.29, 1.82) is 0 Å². The highest BCUT2D eigenvalue weighted by atomic mass is 16.2. The minimum absolute atomic E-state index is 0.0598. The van der Waals surface area contributed by atoms with E-state index in [2.05, 4.69) is 15.5 Å². The third kappa shape index (κ3) is 5.65. The van der Waals surface area contributed by atoms with Gasteiger partial charge in [0.15, 0.2) is 0 Å². The van der Waals surface area contributed by atoms with Crippen molar-refractivity contribution in [3.63, 3.8) is 0 Å². The summed E-state index contributed by atoms with van der Waals surface area (Å²) < 4.78 is 0. The SMILES string of the molecule is CC(N)C(=O)NCc1ccc(C(=O)NCCN2CCCC2)cc1. The Morgan fingerprint density at radius 3 is 2.43 bits per heavy atom. The summed E-state index contributed by atoms with van der Waals surface area (Å²) in [5.74, 6) is -0.246. The zero-order valence-corrected chi connectivity index (χ0v) is 13.7. The van der Waals surface area contributed by atoms with Gasteiger partial charge in [-0.3, -0.25) is 9.59 Å². The molecule has 6 heteroatoms. The Balaban J connectivity index is 1.74. The maximum absolute atomic E-state index is 12.1. The Hall–Kier alpha value is -1.92. The van der Waals surface area contributed by atoms with Crippen LogP contribution < -0.4 is 16.4 Å². The molecule has 1 aliphatic rings. The van der Waals surface area contributed by atoms with E-state index in [0.717, 1.165) is 25.2 Å². The van der Waals surface area contributed by atoms with Crippen molar-refractivity contribution < 1.29 is 9.59 Å². The van der Waals surface area contributed by atoms with Crippen molar-refractivity contribution >= 4 is 11.8 Å². The third-order valence-corrected chi connectivity index (χ3v) is 4.01. The molecule has 0 aromatic heterocycles. The van der Waals surface area contributed by atoms with Gasteiger partial charge in [0.25, 0.3) is 5.91 Å². The molecular formula is C17H26N4O2. The Morgan fingerprint density at radius 2 is 1.83 bits per heavy atom. The largest absolute Gasteiger partial charge is 0.351 e. The average molecular weight is 318 g/mol. The molecule has 1 atom stereocenters. The van der Waals surface area contributed by atoms with E-state index in [0.29, 0.717) is 18.7 Å². The van der Waals surface area contributed by atoms with Gasteiger partial charge in [-0.15, -0.1) is 0 Å². The lowest BCUT2D eigenvalue weighted by Crippen LogP contribution is -2.37. The lowest BCUT2D eigenvalue weighted by atomic mass is 10.1. The van der Waals surface area contributed by atoms with E-state index in [1.54, 1.807) is 19.1 Å². The Bertz CT molecular complexity index is 522. The maximum Gasteiger partial charge on any atom is 0.251 e. The number of rotatable bonds is 7. The van der Waals surface area contributed by atoms with Crippen molar-refractivity contribution in [1.82, 2.24) is 15.5 Å². The number of nitrogens with one attached hydrogen (secondary N) is 2. The van der Waals surface area contributed by atoms with Crippen LogP contribution in [0.1, 0.15) is 35.7 Å². The van der Waals surface area contributed by atoms with Crippen LogP contribution in [0.5, 0.6) is 0 Å². The lowest BCUT2D eigenvalue weighted by molar-refractivity contribution is -0.122. The Kier molecular flexibility index (Phi) is 6.55. The summed E-state index contributed by atoms with van der Waals surface area (Å²) in [5.41, 5.74) is 7.06. The number of amides is 2. The summed E-state index contributed by atoms with van der Waals surface area (Å²) in [6.07, 6.45) is 2.52. The van der Waals surface area contributed by atoms with Gasteiger partial charge in [0.2, 0.25) is 5.91 Å². The summed E-state index contributed by atoms with van der Waals surface area (Å²) in [5, 5.41) is 5.69. The average Bonchev–Trinajstić information content (AvgIpc) is 3.06. The van der Waals surface area contributed by atoms with Crippen molar-refractivity contribution in [2.24, 2.45) is 5.73 Å². The number of carbonyl (C=O) groups is 2. The fourth-order valence-electron chi connectivity index (χ4n) is 2.56. The molecule has 0 radical (unpaired) electrons. The van der Waals surface area contributed by atoms with Crippen LogP contribution in [0.15, 0.2) is 24.3 Å². The number of benzene rings is 1. The molecule has 1 fully saturated rings. The minimum atomic E-state index is -0.518. The van der Waals surface area contributed by atoms with Gasteiger partial charge >= 0.3 is 0 Å². The molecule has 1 saturated heterocycles. The summed E-state index contributed by atoms with van der Waals surface area (Å²) in [7, 11) is 0. The molecule has 2 amide bonds. The first-order valence-electron chi connectivity index (χ1n) is 8.19. The summed E-state index contributed by atoms with van der Waals surface area (Å²) >= 11 is 0. The lowest BCUT2D eigenvalue weighted by Gasteiger charge is -2.14. The second kappa shape index (κ2) is 8.64. The first-order chi connectivity index (χ1) is 11.1. The summed E-state index contributed by atoms with van der Waals surface area (Å²) in [4.78, 5) is 25.8. The standard InChI is InChI=1S/C17H26N4O2/c1-13(18)16(22)20-12-14-4-6-15(7-5-14)17(23)19-8-11-21-9-2-3-10-21/h4-7,13H,2-3,8-12,18H2,1H3,(H,19,23)(H,20,22). The number of likely N-dealkylation sites (tertiary alicyclic amines) is 1. The number of hydrogen-bond donors (Lipinski definition) is 3. The number of carbonyl (C=O) groups excluding carboxylic acids is 2. The summed E-state index contributed by atoms with van der Waals surface area (Å²) in [6.45, 7) is 5.91. The van der Waals surface area contributed by atoms with Crippen LogP contribution in [0.2, 0.25) is 0 Å². The molecule has 23 heavy (non-hydrogen) atoms. The normalized spacial score (nSPS) is 16.1. The predicted octanol–water partition coefficient (Wildman–Crippen LogP) is 0.476. The van der Waals surface area contributed by atoms with Gasteiger partial charge in [-0.2, -0.15) is 0 Å². The molecule has 1 heterocycles. The van der Waals surface area contributed by atoms with Crippen LogP contribution >= 0.6 is 0 Å². The van der Waals surface area contributed by atoms with Gasteiger partial charge in [-0.1, -0.05) is 12.1 Å². The zero-order chi connectivity index (χ0) is 16.7. The minimum Gasteiger partial charge on any atom is -0.351 e. The van der Waals surface area contributed by atoms with E-state index < -0.39 is 6.04 Å². The molecule has 2 rings (SSSR count). The molecule has 1 unspecified atom stereocenters. The maximum atomic E-state index is 12.1. The molecule has 0 aliphatic carbocycles. The first-order valence-corrected chi connectivity index (χ1v) is 8.19. The highest BCUT2D eigenvalue weighted by Crippen LogP contribution is 2.06. The van der Waals surface area contributed by atoms with Gasteiger partial charge in [-0.05, 0) is 50.6 Å². The van der Waals surface area contributed by atoms with E-state index in [1.807, 2.05) is 12.1 Å². The van der Waals surface area contributed by atoms with Crippen LogP contribution in [-0.4, -0.2) is 48.9 Å². The van der Waals surface area contributed by atoms with Crippen LogP contribution in [0.3, 0.4) is 0 Å². The monoisotopic (exact) mass is 318 g/mol. The molecule has 4 N–H and O–H groups in total. The van der Waals surface area contributed by atoms with Gasteiger partial charge in [0.05, 0.1) is 6.04 Å². The molecule has 0 spiro atoms. The van der Waals surface area contributed by atoms with E-state index >= 15 is 0 Å². The smallest absolute Gasteiger partial charge is 0.251 e. The Labute approximate surface area is 137 Å². The molecule has 1 aromatic rings. The van der Waals surface area contributed by atoms with Crippen molar-refractivity contribution in [3.8, 4) is 0 Å². The van der Waals surface area contributed by atoms with Crippen LogP contribution in [0.4, 0.5) is 0 Å². The molecule has 1 aromatic carbocycles. The topological polar surface area (TPSA) is 87.5 Å². The molecule has 126 valence electrons. The quantitative estimate of drug-likeness (QED) is 0.682. The molecule has 0 bridgehead atoms. The molecule has 0 saturated carbocycles. The van der Waals surface area contributed by atoms with Gasteiger partial charge in [0.1, 0.15) is 0 Å². The van der Waals surface area contributed by atoms with Crippen molar-refractivity contribution in [2.75, 3.05) is 26.2 Å². The van der Waals surface area contributed by atoms with Crippen molar-refractivity contribution in [2.45, 2.75) is 32.4 Å². The second-order valence-electron chi connectivity index (χ2n) is 6.01. The second-order valence-corrected chi connectivity index (χ2v) is 6.01. The van der Waals surface area contributed by atoms with Crippen molar-refractivity contribution in [3.05, 3.63) is 35.4 Å². The number of hydrogen-bond acceptors (Lipinski definition) is 4. The van der Waals surface area contributed by atoms with Gasteiger partial charge in [0, 0.05) is 25.2 Å². The first kappa shape index (κ1) is 17.4. The number of nitrogens with two attached hydrogens (primary N) is 1. The van der Waals surface area contributed by atoms with E-state index in [1.165, 1.54) is 12.8 Å². The molecule has 1 aliphatic heterocycles. The fraction of sp³-hybridized carbons (Fsp3) is 0.529. The highest BCUT2D eigenvalue weighted by molar-refractivity contribution is 5.94.